The van der Waals surface area contributed by atoms with Crippen LogP contribution in [0, 0.1) is 13.8 Å². The molecule has 8 heteroatoms. The molecule has 0 atom stereocenters. The number of benzene rings is 1. The Labute approximate surface area is 148 Å². The zero-order valence-corrected chi connectivity index (χ0v) is 14.2. The molecule has 0 aliphatic rings. The first kappa shape index (κ1) is 17.3. The average molecular weight is 352 g/mol. The lowest BCUT2D eigenvalue weighted by Gasteiger charge is -2.02. The van der Waals surface area contributed by atoms with Crippen molar-refractivity contribution in [3.05, 3.63) is 58.9 Å². The van der Waals surface area contributed by atoms with Crippen molar-refractivity contribution in [3.63, 3.8) is 0 Å². The van der Waals surface area contributed by atoms with Crippen LogP contribution >= 0.6 is 0 Å². The minimum absolute atomic E-state index is 0.101. The number of aromatic carboxylic acids is 1. The van der Waals surface area contributed by atoms with Crippen LogP contribution in [0.3, 0.4) is 0 Å². The van der Waals surface area contributed by atoms with Gasteiger partial charge in [0.25, 0.3) is 0 Å². The van der Waals surface area contributed by atoms with Crippen LogP contribution < -0.4 is 0 Å². The van der Waals surface area contributed by atoms with E-state index in [2.05, 4.69) is 15.2 Å². The Bertz CT molecular complexity index is 1050. The molecular weight excluding hydrogens is 336 g/mol. The number of carbonyl (C=O) groups is 2. The summed E-state index contributed by atoms with van der Waals surface area (Å²) in [4.78, 5) is 26.6. The van der Waals surface area contributed by atoms with E-state index in [1.165, 1.54) is 12.1 Å². The van der Waals surface area contributed by atoms with Crippen molar-refractivity contribution in [3.8, 4) is 0 Å². The highest BCUT2D eigenvalue weighted by Crippen LogP contribution is 2.28. The fourth-order valence-corrected chi connectivity index (χ4v) is 2.56. The number of carboxylic acid groups (broad SMARTS) is 2. The molecule has 8 nitrogen and oxygen atoms in total. The molecule has 0 amide bonds. The monoisotopic (exact) mass is 352 g/mol. The van der Waals surface area contributed by atoms with Crippen molar-refractivity contribution >= 4 is 29.1 Å². The van der Waals surface area contributed by atoms with E-state index in [1.54, 1.807) is 23.6 Å². The molecule has 0 fully saturated rings. The second-order valence-corrected chi connectivity index (χ2v) is 5.84. The summed E-state index contributed by atoms with van der Waals surface area (Å²) in [6.45, 7) is 3.66. The van der Waals surface area contributed by atoms with Gasteiger partial charge in [0.05, 0.1) is 23.4 Å². The van der Waals surface area contributed by atoms with Crippen LogP contribution in [0.5, 0.6) is 0 Å². The van der Waals surface area contributed by atoms with Crippen LogP contribution in [0.1, 0.15) is 27.2 Å². The van der Waals surface area contributed by atoms with Crippen molar-refractivity contribution < 1.29 is 19.8 Å². The number of imidazole rings is 1. The second kappa shape index (κ2) is 6.75. The number of nitrogens with zero attached hydrogens (tertiary/aromatic N) is 4. The fraction of sp³-hybridized carbons (Fsp3) is 0.167. The maximum atomic E-state index is 11.1. The number of hydrogen-bond acceptors (Lipinski definition) is 5. The van der Waals surface area contributed by atoms with Gasteiger partial charge in [0.1, 0.15) is 5.65 Å². The third-order valence-corrected chi connectivity index (χ3v) is 3.92. The molecule has 3 rings (SSSR count). The zero-order valence-electron chi connectivity index (χ0n) is 14.2. The molecule has 26 heavy (non-hydrogen) atoms. The first-order valence-corrected chi connectivity index (χ1v) is 7.81. The van der Waals surface area contributed by atoms with Crippen molar-refractivity contribution in [2.24, 2.45) is 10.2 Å². The molecule has 2 heterocycles. The Kier molecular flexibility index (Phi) is 4.49. The summed E-state index contributed by atoms with van der Waals surface area (Å²) in [5.74, 6) is -1.77. The number of azo groups is 1. The first-order valence-electron chi connectivity index (χ1n) is 7.81. The molecule has 0 aliphatic heterocycles. The van der Waals surface area contributed by atoms with E-state index in [9.17, 15) is 9.59 Å². The highest BCUT2D eigenvalue weighted by molar-refractivity contribution is 5.88. The number of pyridine rings is 1. The number of carboxylic acids is 2. The predicted octanol–water partition coefficient (Wildman–Crippen LogP) is 3.69. The van der Waals surface area contributed by atoms with E-state index < -0.39 is 11.9 Å². The number of hydrogen-bond donors (Lipinski definition) is 2. The Morgan fingerprint density at radius 2 is 1.88 bits per heavy atom. The molecule has 132 valence electrons. The molecule has 1 aromatic carbocycles. The number of aryl methyl sites for hydroxylation is 2. The second-order valence-electron chi connectivity index (χ2n) is 5.84. The number of aliphatic carboxylic acids is 1. The highest BCUT2D eigenvalue weighted by atomic mass is 16.4. The lowest BCUT2D eigenvalue weighted by molar-refractivity contribution is -0.136. The van der Waals surface area contributed by atoms with Crippen molar-refractivity contribution in [1.82, 2.24) is 9.38 Å². The quantitative estimate of drug-likeness (QED) is 0.679. The largest absolute Gasteiger partial charge is 0.481 e. The molecule has 0 unspecified atom stereocenters. The summed E-state index contributed by atoms with van der Waals surface area (Å²) >= 11 is 0. The van der Waals surface area contributed by atoms with Gasteiger partial charge in [0, 0.05) is 6.20 Å². The maximum absolute atomic E-state index is 11.1. The molecule has 0 radical (unpaired) electrons. The minimum Gasteiger partial charge on any atom is -0.481 e. The summed E-state index contributed by atoms with van der Waals surface area (Å²) in [6, 6.07) is 8.24. The van der Waals surface area contributed by atoms with Crippen molar-refractivity contribution in [2.45, 2.75) is 20.3 Å². The van der Waals surface area contributed by atoms with E-state index in [1.807, 2.05) is 19.1 Å². The normalized spacial score (nSPS) is 11.3. The molecule has 2 aromatic heterocycles. The fourth-order valence-electron chi connectivity index (χ4n) is 2.56. The maximum Gasteiger partial charge on any atom is 0.335 e. The molecule has 0 aliphatic carbocycles. The highest BCUT2D eigenvalue weighted by Gasteiger charge is 2.16. The summed E-state index contributed by atoms with van der Waals surface area (Å²) in [7, 11) is 0. The van der Waals surface area contributed by atoms with Crippen molar-refractivity contribution in [1.29, 1.82) is 0 Å². The summed E-state index contributed by atoms with van der Waals surface area (Å²) in [6.07, 6.45) is 1.44. The van der Waals surface area contributed by atoms with Crippen LogP contribution in [0.4, 0.5) is 11.5 Å². The lowest BCUT2D eigenvalue weighted by atomic mass is 10.1. The van der Waals surface area contributed by atoms with Gasteiger partial charge in [-0.05, 0) is 43.2 Å². The van der Waals surface area contributed by atoms with Crippen LogP contribution in [0.2, 0.25) is 0 Å². The SMILES string of the molecule is Cc1ccc(C(=O)O)cc1N=Nc1c(CC(=O)O)nc2c(C)cccn12. The third-order valence-electron chi connectivity index (χ3n) is 3.92. The van der Waals surface area contributed by atoms with Crippen LogP contribution in [0.15, 0.2) is 46.8 Å². The van der Waals surface area contributed by atoms with Crippen LogP contribution in [-0.2, 0) is 11.2 Å². The topological polar surface area (TPSA) is 117 Å². The summed E-state index contributed by atoms with van der Waals surface area (Å²) < 4.78 is 1.67. The predicted molar refractivity (Wildman–Crippen MR) is 93.6 cm³/mol. The van der Waals surface area contributed by atoms with Crippen LogP contribution in [0.25, 0.3) is 5.65 Å². The number of aromatic nitrogens is 2. The molecule has 0 saturated heterocycles. The van der Waals surface area contributed by atoms with E-state index in [4.69, 9.17) is 10.2 Å². The number of fused-ring (bicyclic) bond motifs is 1. The Hall–Kier alpha value is -3.55. The Morgan fingerprint density at radius 1 is 1.12 bits per heavy atom. The van der Waals surface area contributed by atoms with Gasteiger partial charge in [-0.3, -0.25) is 9.20 Å². The molecule has 0 saturated carbocycles. The van der Waals surface area contributed by atoms with Gasteiger partial charge in [0.2, 0.25) is 0 Å². The van der Waals surface area contributed by atoms with E-state index in [0.29, 0.717) is 22.8 Å². The van der Waals surface area contributed by atoms with E-state index >= 15 is 0 Å². The van der Waals surface area contributed by atoms with E-state index in [0.717, 1.165) is 11.1 Å². The Balaban J connectivity index is 2.12. The molecule has 2 N–H and O–H groups in total. The molecule has 0 bridgehead atoms. The van der Waals surface area contributed by atoms with Crippen LogP contribution in [-0.4, -0.2) is 31.5 Å². The van der Waals surface area contributed by atoms with Crippen molar-refractivity contribution in [2.75, 3.05) is 0 Å². The average Bonchev–Trinajstić information content (AvgIpc) is 2.92. The van der Waals surface area contributed by atoms with Gasteiger partial charge in [-0.25, -0.2) is 9.78 Å². The van der Waals surface area contributed by atoms with Gasteiger partial charge in [-0.2, -0.15) is 0 Å². The molecule has 3 aromatic rings. The van der Waals surface area contributed by atoms with E-state index in [-0.39, 0.29) is 12.0 Å². The third kappa shape index (κ3) is 3.30. The van der Waals surface area contributed by atoms with Gasteiger partial charge in [-0.15, -0.1) is 10.2 Å². The summed E-state index contributed by atoms with van der Waals surface area (Å²) in [5.41, 5.74) is 3.03. The number of rotatable bonds is 5. The first-order chi connectivity index (χ1) is 12.4. The standard InChI is InChI=1S/C18H16N4O4/c1-10-5-6-12(18(25)26)8-13(10)20-21-17-14(9-15(23)24)19-16-11(2)4-3-7-22(16)17/h3-8H,9H2,1-2H3,(H,23,24)(H,25,26). The minimum atomic E-state index is -1.06. The Morgan fingerprint density at radius 3 is 2.58 bits per heavy atom. The lowest BCUT2D eigenvalue weighted by Crippen LogP contribution is -2.00. The summed E-state index contributed by atoms with van der Waals surface area (Å²) in [5, 5.41) is 26.6. The van der Waals surface area contributed by atoms with Gasteiger partial charge in [0.15, 0.2) is 5.82 Å². The van der Waals surface area contributed by atoms with Gasteiger partial charge in [-0.1, -0.05) is 12.1 Å². The molecule has 0 spiro atoms. The molecular formula is C18H16N4O4. The zero-order chi connectivity index (χ0) is 18.8. The van der Waals surface area contributed by atoms with Gasteiger partial charge < -0.3 is 10.2 Å². The smallest absolute Gasteiger partial charge is 0.335 e. The van der Waals surface area contributed by atoms with Gasteiger partial charge >= 0.3 is 11.9 Å².